The Morgan fingerprint density at radius 2 is 2.22 bits per heavy atom. The molecule has 1 N–H and O–H groups in total. The number of anilines is 1. The molecule has 138 valence electrons. The second kappa shape index (κ2) is 8.01. The summed E-state index contributed by atoms with van der Waals surface area (Å²) in [6.07, 6.45) is 5.55. The number of hydrogen-bond donors (Lipinski definition) is 1. The Morgan fingerprint density at radius 3 is 3.04 bits per heavy atom. The zero-order valence-corrected chi connectivity index (χ0v) is 14.6. The topological polar surface area (TPSA) is 86.5 Å². The van der Waals surface area contributed by atoms with Gasteiger partial charge < -0.3 is 19.3 Å². The van der Waals surface area contributed by atoms with E-state index in [9.17, 15) is 4.79 Å². The summed E-state index contributed by atoms with van der Waals surface area (Å²) in [5, 5.41) is 6.64. The lowest BCUT2D eigenvalue weighted by Crippen LogP contribution is -2.16. The minimum Gasteiger partial charge on any atom is -0.491 e. The molecule has 1 atom stereocenters. The molecule has 0 bridgehead atoms. The van der Waals surface area contributed by atoms with Crippen molar-refractivity contribution in [2.45, 2.75) is 18.9 Å². The van der Waals surface area contributed by atoms with Gasteiger partial charge in [0.2, 0.25) is 0 Å². The number of nitrogens with zero attached hydrogens (tertiary/aromatic N) is 2. The zero-order valence-electron chi connectivity index (χ0n) is 14.6. The molecule has 7 nitrogen and oxygen atoms in total. The molecule has 0 radical (unpaired) electrons. The summed E-state index contributed by atoms with van der Waals surface area (Å²) in [5.41, 5.74) is 1.57. The molecule has 1 aromatic carbocycles. The first-order valence-electron chi connectivity index (χ1n) is 8.81. The van der Waals surface area contributed by atoms with Crippen molar-refractivity contribution in [3.63, 3.8) is 0 Å². The molecule has 0 spiro atoms. The lowest BCUT2D eigenvalue weighted by atomic mass is 10.2. The fourth-order valence-corrected chi connectivity index (χ4v) is 2.85. The minimum atomic E-state index is -0.356. The standard InChI is InChI=1S/C20H19N3O4/c24-20(18-11-19(27-23-18)14-4-2-8-21-12-14)22-15-5-1-6-16(10-15)26-13-17-7-3-9-25-17/h1-2,4-6,8,10-12,17H,3,7,9,13H2,(H,22,24)/t17-/m0/s1. The summed E-state index contributed by atoms with van der Waals surface area (Å²) < 4.78 is 16.6. The summed E-state index contributed by atoms with van der Waals surface area (Å²) in [4.78, 5) is 16.5. The SMILES string of the molecule is O=C(Nc1cccc(OC[C@@H]2CCCO2)c1)c1cc(-c2cccnc2)on1. The third kappa shape index (κ3) is 4.32. The number of carbonyl (C=O) groups is 1. The van der Waals surface area contributed by atoms with Gasteiger partial charge in [0.1, 0.15) is 12.4 Å². The molecule has 2 aromatic heterocycles. The van der Waals surface area contributed by atoms with E-state index in [1.165, 1.54) is 0 Å². The largest absolute Gasteiger partial charge is 0.491 e. The van der Waals surface area contributed by atoms with Gasteiger partial charge in [-0.15, -0.1) is 0 Å². The van der Waals surface area contributed by atoms with Gasteiger partial charge in [0.05, 0.1) is 6.10 Å². The highest BCUT2D eigenvalue weighted by Crippen LogP contribution is 2.22. The molecule has 7 heteroatoms. The quantitative estimate of drug-likeness (QED) is 0.719. The Bertz CT molecular complexity index is 904. The maximum absolute atomic E-state index is 12.4. The van der Waals surface area contributed by atoms with Gasteiger partial charge in [-0.2, -0.15) is 0 Å². The highest BCUT2D eigenvalue weighted by atomic mass is 16.5. The molecule has 0 unspecified atom stereocenters. The van der Waals surface area contributed by atoms with Crippen molar-refractivity contribution in [1.29, 1.82) is 0 Å². The van der Waals surface area contributed by atoms with Crippen LogP contribution < -0.4 is 10.1 Å². The number of pyridine rings is 1. The molecule has 3 heterocycles. The lowest BCUT2D eigenvalue weighted by Gasteiger charge is -2.12. The fourth-order valence-electron chi connectivity index (χ4n) is 2.85. The number of nitrogens with one attached hydrogen (secondary N) is 1. The number of amides is 1. The first-order chi connectivity index (χ1) is 13.3. The third-order valence-electron chi connectivity index (χ3n) is 4.24. The smallest absolute Gasteiger partial charge is 0.277 e. The summed E-state index contributed by atoms with van der Waals surface area (Å²) in [6.45, 7) is 1.30. The van der Waals surface area contributed by atoms with Crippen LogP contribution in [0.4, 0.5) is 5.69 Å². The second-order valence-corrected chi connectivity index (χ2v) is 6.25. The highest BCUT2D eigenvalue weighted by Gasteiger charge is 2.17. The van der Waals surface area contributed by atoms with Crippen LogP contribution >= 0.6 is 0 Å². The van der Waals surface area contributed by atoms with Crippen molar-refractivity contribution in [3.8, 4) is 17.1 Å². The van der Waals surface area contributed by atoms with Gasteiger partial charge >= 0.3 is 0 Å². The van der Waals surface area contributed by atoms with Crippen LogP contribution in [0.1, 0.15) is 23.3 Å². The van der Waals surface area contributed by atoms with Crippen molar-refractivity contribution in [2.24, 2.45) is 0 Å². The molecule has 1 fully saturated rings. The summed E-state index contributed by atoms with van der Waals surface area (Å²) in [5.74, 6) is 0.812. The van der Waals surface area contributed by atoms with Gasteiger partial charge in [-0.1, -0.05) is 11.2 Å². The van der Waals surface area contributed by atoms with E-state index in [0.717, 1.165) is 25.0 Å². The van der Waals surface area contributed by atoms with Gasteiger partial charge in [-0.05, 0) is 37.1 Å². The number of ether oxygens (including phenoxy) is 2. The molecular formula is C20H19N3O4. The Kier molecular flexibility index (Phi) is 5.11. The molecule has 27 heavy (non-hydrogen) atoms. The van der Waals surface area contributed by atoms with Crippen molar-refractivity contribution in [3.05, 3.63) is 60.6 Å². The second-order valence-electron chi connectivity index (χ2n) is 6.25. The Hall–Kier alpha value is -3.19. The monoisotopic (exact) mass is 365 g/mol. The Morgan fingerprint density at radius 1 is 1.26 bits per heavy atom. The summed E-state index contributed by atoms with van der Waals surface area (Å²) in [6, 6.07) is 12.5. The first kappa shape index (κ1) is 17.2. The molecule has 3 aromatic rings. The van der Waals surface area contributed by atoms with Gasteiger partial charge in [-0.25, -0.2) is 0 Å². The van der Waals surface area contributed by atoms with Gasteiger partial charge in [0.15, 0.2) is 11.5 Å². The van der Waals surface area contributed by atoms with Crippen molar-refractivity contribution in [2.75, 3.05) is 18.5 Å². The predicted molar refractivity (Wildman–Crippen MR) is 98.6 cm³/mol. The van der Waals surface area contributed by atoms with E-state index in [2.05, 4.69) is 15.5 Å². The van der Waals surface area contributed by atoms with Gasteiger partial charge in [-0.3, -0.25) is 9.78 Å². The summed E-state index contributed by atoms with van der Waals surface area (Å²) in [7, 11) is 0. The molecule has 0 aliphatic carbocycles. The molecule has 1 amide bonds. The highest BCUT2D eigenvalue weighted by molar-refractivity contribution is 6.03. The average Bonchev–Trinajstić information content (AvgIpc) is 3.39. The predicted octanol–water partition coefficient (Wildman–Crippen LogP) is 3.55. The Labute approximate surface area is 156 Å². The molecule has 0 saturated carbocycles. The van der Waals surface area contributed by atoms with Gasteiger partial charge in [0.25, 0.3) is 5.91 Å². The van der Waals surface area contributed by atoms with Crippen LogP contribution in [-0.4, -0.2) is 35.4 Å². The number of aromatic nitrogens is 2. The molecule has 1 saturated heterocycles. The van der Waals surface area contributed by atoms with Crippen LogP contribution in [0.15, 0.2) is 59.4 Å². The van der Waals surface area contributed by atoms with E-state index < -0.39 is 0 Å². The van der Waals surface area contributed by atoms with Crippen LogP contribution in [0.3, 0.4) is 0 Å². The van der Waals surface area contributed by atoms with Crippen LogP contribution in [-0.2, 0) is 4.74 Å². The van der Waals surface area contributed by atoms with E-state index in [1.54, 1.807) is 36.7 Å². The number of hydrogen-bond acceptors (Lipinski definition) is 6. The molecule has 1 aliphatic rings. The van der Waals surface area contributed by atoms with E-state index >= 15 is 0 Å². The summed E-state index contributed by atoms with van der Waals surface area (Å²) >= 11 is 0. The first-order valence-corrected chi connectivity index (χ1v) is 8.81. The van der Waals surface area contributed by atoms with Crippen molar-refractivity contribution in [1.82, 2.24) is 10.1 Å². The maximum atomic E-state index is 12.4. The molecular weight excluding hydrogens is 346 g/mol. The average molecular weight is 365 g/mol. The minimum absolute atomic E-state index is 0.143. The van der Waals surface area contributed by atoms with E-state index in [0.29, 0.717) is 23.8 Å². The molecule has 1 aliphatic heterocycles. The zero-order chi connectivity index (χ0) is 18.5. The van der Waals surface area contributed by atoms with E-state index in [4.69, 9.17) is 14.0 Å². The van der Waals surface area contributed by atoms with Crippen LogP contribution in [0, 0.1) is 0 Å². The number of rotatable bonds is 6. The van der Waals surface area contributed by atoms with Crippen LogP contribution in [0.25, 0.3) is 11.3 Å². The number of benzene rings is 1. The van der Waals surface area contributed by atoms with E-state index in [1.807, 2.05) is 18.2 Å². The van der Waals surface area contributed by atoms with Crippen molar-refractivity contribution < 1.29 is 18.8 Å². The van der Waals surface area contributed by atoms with Crippen LogP contribution in [0.2, 0.25) is 0 Å². The lowest BCUT2D eigenvalue weighted by molar-refractivity contribution is 0.0680. The molecule has 4 rings (SSSR count). The number of carbonyl (C=O) groups excluding carboxylic acids is 1. The fraction of sp³-hybridized carbons (Fsp3) is 0.250. The van der Waals surface area contributed by atoms with E-state index in [-0.39, 0.29) is 17.7 Å². The van der Waals surface area contributed by atoms with Crippen LogP contribution in [0.5, 0.6) is 5.75 Å². The third-order valence-corrected chi connectivity index (χ3v) is 4.24. The Balaban J connectivity index is 1.39. The maximum Gasteiger partial charge on any atom is 0.277 e. The van der Waals surface area contributed by atoms with Crippen molar-refractivity contribution >= 4 is 11.6 Å². The normalized spacial score (nSPS) is 16.2. The van der Waals surface area contributed by atoms with Gasteiger partial charge in [0, 0.05) is 42.4 Å².